The van der Waals surface area contributed by atoms with Crippen LogP contribution in [-0.2, 0) is 24.1 Å². The molecule has 0 saturated carbocycles. The van der Waals surface area contributed by atoms with Gasteiger partial charge in [0.05, 0.1) is 17.3 Å². The lowest BCUT2D eigenvalue weighted by atomic mass is 10.2. The molecule has 0 amide bonds. The van der Waals surface area contributed by atoms with E-state index in [-0.39, 0.29) is 0 Å². The molecule has 6 heteroatoms. The van der Waals surface area contributed by atoms with Gasteiger partial charge < -0.3 is 10.1 Å². The van der Waals surface area contributed by atoms with Crippen LogP contribution in [-0.4, -0.2) is 31.2 Å². The van der Waals surface area contributed by atoms with E-state index >= 15 is 0 Å². The van der Waals surface area contributed by atoms with E-state index in [1.165, 1.54) is 4.88 Å². The minimum Gasteiger partial charge on any atom is -0.375 e. The van der Waals surface area contributed by atoms with Gasteiger partial charge in [-0.25, -0.2) is 13.8 Å². The van der Waals surface area contributed by atoms with Crippen molar-refractivity contribution in [2.45, 2.75) is 52.5 Å². The monoisotopic (exact) mass is 306 g/mol. The largest absolute Gasteiger partial charge is 0.375 e. The van der Waals surface area contributed by atoms with Crippen molar-refractivity contribution in [1.29, 1.82) is 0 Å². The minimum absolute atomic E-state index is 0.311. The van der Waals surface area contributed by atoms with Gasteiger partial charge in [0.1, 0.15) is 6.61 Å². The highest BCUT2D eigenvalue weighted by Crippen LogP contribution is 2.20. The smallest absolute Gasteiger partial charge is 0.261 e. The molecule has 1 N–H and O–H groups in total. The third kappa shape index (κ3) is 6.72. The molecule has 0 aliphatic carbocycles. The molecule has 0 atom stereocenters. The summed E-state index contributed by atoms with van der Waals surface area (Å²) in [6, 6.07) is 0. The molecule has 0 spiro atoms. The second kappa shape index (κ2) is 10.2. The van der Waals surface area contributed by atoms with Gasteiger partial charge in [-0.2, -0.15) is 0 Å². The topological polar surface area (TPSA) is 34.1 Å². The first-order valence-corrected chi connectivity index (χ1v) is 8.03. The molecule has 1 aromatic heterocycles. The van der Waals surface area contributed by atoms with Gasteiger partial charge in [-0.3, -0.25) is 0 Å². The fourth-order valence-corrected chi connectivity index (χ4v) is 2.89. The molecular formula is C14H24F2N2OS. The number of aryl methyl sites for hydroxylation is 1. The summed E-state index contributed by atoms with van der Waals surface area (Å²) >= 11 is 1.67. The van der Waals surface area contributed by atoms with Gasteiger partial charge >= 0.3 is 0 Å². The Morgan fingerprint density at radius 1 is 1.25 bits per heavy atom. The number of alkyl halides is 2. The van der Waals surface area contributed by atoms with Crippen LogP contribution in [0.25, 0.3) is 0 Å². The fraction of sp³-hybridized carbons (Fsp3) is 0.786. The maximum Gasteiger partial charge on any atom is 0.261 e. The number of ether oxygens (including phenoxy) is 1. The number of thiazole rings is 1. The summed E-state index contributed by atoms with van der Waals surface area (Å²) in [5.41, 5.74) is 1.14. The Labute approximate surface area is 123 Å². The Morgan fingerprint density at radius 2 is 2.05 bits per heavy atom. The Kier molecular flexibility index (Phi) is 8.89. The van der Waals surface area contributed by atoms with Crippen molar-refractivity contribution in [3.63, 3.8) is 0 Å². The van der Waals surface area contributed by atoms with E-state index in [2.05, 4.69) is 24.1 Å². The molecule has 1 aromatic rings. The molecule has 0 saturated heterocycles. The van der Waals surface area contributed by atoms with Gasteiger partial charge in [-0.1, -0.05) is 20.3 Å². The van der Waals surface area contributed by atoms with Crippen molar-refractivity contribution < 1.29 is 13.5 Å². The van der Waals surface area contributed by atoms with E-state index in [4.69, 9.17) is 4.74 Å². The summed E-state index contributed by atoms with van der Waals surface area (Å²) < 4.78 is 28.8. The van der Waals surface area contributed by atoms with Crippen LogP contribution in [0.15, 0.2) is 0 Å². The molecule has 1 rings (SSSR count). The summed E-state index contributed by atoms with van der Waals surface area (Å²) in [4.78, 5) is 5.87. The summed E-state index contributed by atoms with van der Waals surface area (Å²) in [6.07, 6.45) is 1.36. The highest BCUT2D eigenvalue weighted by molar-refractivity contribution is 7.11. The number of halogens is 2. The van der Waals surface area contributed by atoms with E-state index < -0.39 is 13.0 Å². The zero-order valence-electron chi connectivity index (χ0n) is 12.3. The van der Waals surface area contributed by atoms with Gasteiger partial charge in [0, 0.05) is 17.8 Å². The third-order valence-electron chi connectivity index (χ3n) is 2.73. The molecule has 0 aliphatic rings. The number of hydrogen-bond acceptors (Lipinski definition) is 4. The molecule has 0 radical (unpaired) electrons. The van der Waals surface area contributed by atoms with E-state index in [1.807, 2.05) is 0 Å². The van der Waals surface area contributed by atoms with E-state index in [0.29, 0.717) is 13.0 Å². The van der Waals surface area contributed by atoms with Crippen LogP contribution in [0.2, 0.25) is 0 Å². The average molecular weight is 306 g/mol. The van der Waals surface area contributed by atoms with Gasteiger partial charge in [-0.05, 0) is 19.4 Å². The number of hydrogen-bond donors (Lipinski definition) is 1. The van der Waals surface area contributed by atoms with Crippen molar-refractivity contribution in [2.75, 3.05) is 19.8 Å². The number of aromatic nitrogens is 1. The summed E-state index contributed by atoms with van der Waals surface area (Å²) in [7, 11) is 0. The van der Waals surface area contributed by atoms with E-state index in [9.17, 15) is 8.78 Å². The van der Waals surface area contributed by atoms with Gasteiger partial charge in [0.15, 0.2) is 0 Å². The average Bonchev–Trinajstić information content (AvgIpc) is 2.78. The van der Waals surface area contributed by atoms with Gasteiger partial charge in [-0.15, -0.1) is 11.3 Å². The SMILES string of the molecule is CCCNCc1sc(CCOCC(F)F)nc1CCC. The van der Waals surface area contributed by atoms with Crippen LogP contribution >= 0.6 is 11.3 Å². The molecule has 0 unspecified atom stereocenters. The Hall–Kier alpha value is -0.590. The maximum absolute atomic E-state index is 12.0. The Balaban J connectivity index is 2.47. The van der Waals surface area contributed by atoms with E-state index in [0.717, 1.165) is 43.1 Å². The first kappa shape index (κ1) is 17.5. The van der Waals surface area contributed by atoms with Gasteiger partial charge in [0.25, 0.3) is 6.43 Å². The molecule has 3 nitrogen and oxygen atoms in total. The van der Waals surface area contributed by atoms with E-state index in [1.54, 1.807) is 11.3 Å². The van der Waals surface area contributed by atoms with Crippen LogP contribution < -0.4 is 5.32 Å². The molecule has 116 valence electrons. The quantitative estimate of drug-likeness (QED) is 0.636. The Bertz CT molecular complexity index is 372. The maximum atomic E-state index is 12.0. The molecule has 0 aromatic carbocycles. The first-order chi connectivity index (χ1) is 9.67. The van der Waals surface area contributed by atoms with Crippen molar-refractivity contribution in [3.05, 3.63) is 15.6 Å². The first-order valence-electron chi connectivity index (χ1n) is 7.21. The molecule has 0 aliphatic heterocycles. The molecule has 0 fully saturated rings. The normalized spacial score (nSPS) is 11.4. The second-order valence-corrected chi connectivity index (χ2v) is 5.79. The summed E-state index contributed by atoms with van der Waals surface area (Å²) in [5, 5.41) is 4.37. The number of nitrogens with one attached hydrogen (secondary N) is 1. The lowest BCUT2D eigenvalue weighted by Crippen LogP contribution is -2.13. The zero-order chi connectivity index (χ0) is 14.8. The molecular weight excluding hydrogens is 282 g/mol. The molecule has 0 bridgehead atoms. The summed E-state index contributed by atoms with van der Waals surface area (Å²) in [6.45, 7) is 5.94. The third-order valence-corrected chi connectivity index (χ3v) is 3.88. The lowest BCUT2D eigenvalue weighted by molar-refractivity contribution is 0.0187. The molecule has 20 heavy (non-hydrogen) atoms. The van der Waals surface area contributed by atoms with Crippen LogP contribution in [0.1, 0.15) is 42.3 Å². The predicted octanol–water partition coefficient (Wildman–Crippen LogP) is 3.42. The summed E-state index contributed by atoms with van der Waals surface area (Å²) in [5.74, 6) is 0. The standard InChI is InChI=1S/C14H24F2N2OS/c1-3-5-11-12(9-17-7-4-2)20-14(18-11)6-8-19-10-13(15)16/h13,17H,3-10H2,1-2H3. The predicted molar refractivity (Wildman–Crippen MR) is 78.6 cm³/mol. The second-order valence-electron chi connectivity index (χ2n) is 4.62. The highest BCUT2D eigenvalue weighted by Gasteiger charge is 2.10. The Morgan fingerprint density at radius 3 is 2.70 bits per heavy atom. The van der Waals surface area contributed by atoms with Crippen LogP contribution in [0.3, 0.4) is 0 Å². The zero-order valence-corrected chi connectivity index (χ0v) is 13.1. The van der Waals surface area contributed by atoms with Crippen LogP contribution in [0.5, 0.6) is 0 Å². The van der Waals surface area contributed by atoms with Crippen molar-refractivity contribution in [3.8, 4) is 0 Å². The minimum atomic E-state index is -2.39. The van der Waals surface area contributed by atoms with Crippen molar-refractivity contribution in [1.82, 2.24) is 10.3 Å². The van der Waals surface area contributed by atoms with Crippen LogP contribution in [0.4, 0.5) is 8.78 Å². The lowest BCUT2D eigenvalue weighted by Gasteiger charge is -2.02. The highest BCUT2D eigenvalue weighted by atomic mass is 32.1. The number of nitrogens with zero attached hydrogens (tertiary/aromatic N) is 1. The number of rotatable bonds is 11. The van der Waals surface area contributed by atoms with Crippen LogP contribution in [0, 0.1) is 0 Å². The fourth-order valence-electron chi connectivity index (χ4n) is 1.82. The van der Waals surface area contributed by atoms with Crippen molar-refractivity contribution >= 4 is 11.3 Å². The van der Waals surface area contributed by atoms with Crippen molar-refractivity contribution in [2.24, 2.45) is 0 Å². The van der Waals surface area contributed by atoms with Gasteiger partial charge in [0.2, 0.25) is 0 Å². The molecule has 1 heterocycles.